The van der Waals surface area contributed by atoms with Crippen LogP contribution in [0.4, 0.5) is 5.69 Å². The first-order valence-electron chi connectivity index (χ1n) is 13.1. The normalized spacial score (nSPS) is 19.7. The SMILES string of the molecule is CNCCN(C)Cc1ccc2[nH]c(C3CNCCO3)nc2c1C1CCN(c2cccc(C)c2)CC1. The Labute approximate surface area is 209 Å². The summed E-state index contributed by atoms with van der Waals surface area (Å²) in [5.41, 5.74) is 7.79. The van der Waals surface area contributed by atoms with Crippen LogP contribution in [0.5, 0.6) is 0 Å². The lowest BCUT2D eigenvalue weighted by Gasteiger charge is -2.35. The number of morpholine rings is 1. The van der Waals surface area contributed by atoms with E-state index >= 15 is 0 Å². The van der Waals surface area contributed by atoms with Crippen molar-refractivity contribution in [3.63, 3.8) is 0 Å². The average molecular weight is 477 g/mol. The van der Waals surface area contributed by atoms with Crippen LogP contribution in [0.15, 0.2) is 36.4 Å². The van der Waals surface area contributed by atoms with Gasteiger partial charge in [0.2, 0.25) is 0 Å². The molecule has 0 spiro atoms. The van der Waals surface area contributed by atoms with Gasteiger partial charge < -0.3 is 30.2 Å². The Hall–Kier alpha value is -2.45. The van der Waals surface area contributed by atoms with E-state index in [0.717, 1.165) is 82.1 Å². The second kappa shape index (κ2) is 11.1. The number of likely N-dealkylation sites (N-methyl/N-ethyl adjacent to an activating group) is 2. The summed E-state index contributed by atoms with van der Waals surface area (Å²) < 4.78 is 6.01. The Morgan fingerprint density at radius 1 is 1.20 bits per heavy atom. The molecule has 7 nitrogen and oxygen atoms in total. The van der Waals surface area contributed by atoms with Gasteiger partial charge in [-0.15, -0.1) is 0 Å². The van der Waals surface area contributed by atoms with Crippen molar-refractivity contribution in [2.24, 2.45) is 0 Å². The van der Waals surface area contributed by atoms with E-state index in [1.165, 1.54) is 22.4 Å². The lowest BCUT2D eigenvalue weighted by atomic mass is 9.85. The summed E-state index contributed by atoms with van der Waals surface area (Å²) in [5, 5.41) is 6.71. The van der Waals surface area contributed by atoms with Crippen molar-refractivity contribution in [2.75, 3.05) is 64.9 Å². The van der Waals surface area contributed by atoms with Gasteiger partial charge in [-0.05, 0) is 74.7 Å². The van der Waals surface area contributed by atoms with Gasteiger partial charge in [0.05, 0.1) is 17.6 Å². The number of piperidine rings is 1. The van der Waals surface area contributed by atoms with E-state index in [-0.39, 0.29) is 6.10 Å². The molecule has 0 amide bonds. The molecule has 0 bridgehead atoms. The van der Waals surface area contributed by atoms with Gasteiger partial charge in [-0.3, -0.25) is 0 Å². The van der Waals surface area contributed by atoms with Gasteiger partial charge >= 0.3 is 0 Å². The highest BCUT2D eigenvalue weighted by molar-refractivity contribution is 5.81. The van der Waals surface area contributed by atoms with Crippen LogP contribution in [-0.4, -0.2) is 74.8 Å². The predicted octanol–water partition coefficient (Wildman–Crippen LogP) is 3.57. The first-order chi connectivity index (χ1) is 17.1. The number of aromatic nitrogens is 2. The fraction of sp³-hybridized carbons (Fsp3) is 0.536. The lowest BCUT2D eigenvalue weighted by Crippen LogP contribution is -2.34. The topological polar surface area (TPSA) is 68.4 Å². The van der Waals surface area contributed by atoms with Gasteiger partial charge in [-0.1, -0.05) is 18.2 Å². The maximum Gasteiger partial charge on any atom is 0.137 e. The summed E-state index contributed by atoms with van der Waals surface area (Å²) in [6.07, 6.45) is 2.28. The van der Waals surface area contributed by atoms with E-state index in [1.807, 2.05) is 7.05 Å². The molecule has 2 aliphatic rings. The summed E-state index contributed by atoms with van der Waals surface area (Å²) >= 11 is 0. The fourth-order valence-corrected chi connectivity index (χ4v) is 5.57. The molecule has 2 aromatic carbocycles. The predicted molar refractivity (Wildman–Crippen MR) is 143 cm³/mol. The minimum Gasteiger partial charge on any atom is -0.371 e. The largest absolute Gasteiger partial charge is 0.371 e. The monoisotopic (exact) mass is 476 g/mol. The molecule has 1 aromatic heterocycles. The van der Waals surface area contributed by atoms with Crippen molar-refractivity contribution >= 4 is 16.7 Å². The minimum absolute atomic E-state index is 0.00563. The number of nitrogens with zero attached hydrogens (tertiary/aromatic N) is 3. The first-order valence-corrected chi connectivity index (χ1v) is 13.1. The van der Waals surface area contributed by atoms with Crippen LogP contribution in [0.2, 0.25) is 0 Å². The van der Waals surface area contributed by atoms with E-state index in [9.17, 15) is 0 Å². The number of aromatic amines is 1. The number of H-pyrrole nitrogens is 1. The van der Waals surface area contributed by atoms with Gasteiger partial charge in [0.15, 0.2) is 0 Å². The molecule has 3 heterocycles. The van der Waals surface area contributed by atoms with Gasteiger partial charge in [-0.25, -0.2) is 4.98 Å². The Balaban J connectivity index is 1.43. The van der Waals surface area contributed by atoms with Gasteiger partial charge in [0, 0.05) is 51.5 Å². The highest BCUT2D eigenvalue weighted by atomic mass is 16.5. The van der Waals surface area contributed by atoms with Gasteiger partial charge in [0.1, 0.15) is 11.9 Å². The molecule has 2 aliphatic heterocycles. The second-order valence-corrected chi connectivity index (χ2v) is 10.2. The van der Waals surface area contributed by atoms with Gasteiger partial charge in [0.25, 0.3) is 0 Å². The number of benzene rings is 2. The number of aryl methyl sites for hydroxylation is 1. The zero-order chi connectivity index (χ0) is 24.2. The number of imidazole rings is 1. The number of rotatable bonds is 8. The van der Waals surface area contributed by atoms with Crippen molar-refractivity contribution < 1.29 is 4.74 Å². The molecular formula is C28H40N6O. The minimum atomic E-state index is -0.00563. The molecule has 0 saturated carbocycles. The van der Waals surface area contributed by atoms with Crippen LogP contribution < -0.4 is 15.5 Å². The van der Waals surface area contributed by atoms with Crippen molar-refractivity contribution in [3.8, 4) is 0 Å². The smallest absolute Gasteiger partial charge is 0.137 e. The highest BCUT2D eigenvalue weighted by Crippen LogP contribution is 2.37. The summed E-state index contributed by atoms with van der Waals surface area (Å²) in [7, 11) is 4.23. The third-order valence-corrected chi connectivity index (χ3v) is 7.49. The molecule has 5 rings (SSSR count). The zero-order valence-electron chi connectivity index (χ0n) is 21.4. The molecule has 1 unspecified atom stereocenters. The van der Waals surface area contributed by atoms with Crippen molar-refractivity contribution in [2.45, 2.75) is 38.3 Å². The molecule has 3 N–H and O–H groups in total. The molecule has 1 atom stereocenters. The highest BCUT2D eigenvalue weighted by Gasteiger charge is 2.27. The average Bonchev–Trinajstić information content (AvgIpc) is 3.32. The lowest BCUT2D eigenvalue weighted by molar-refractivity contribution is 0.0228. The standard InChI is InChI=1S/C28H40N6O/c1-20-5-4-6-23(17-20)34-13-9-21(10-14-34)26-22(19-33(3)15-11-29-2)7-8-24-27(26)32-28(31-24)25-18-30-12-16-35-25/h4-8,17,21,25,29-30H,9-16,18-19H2,1-3H3,(H,31,32). The Bertz CT molecular complexity index is 1110. The Morgan fingerprint density at radius 3 is 2.80 bits per heavy atom. The van der Waals surface area contributed by atoms with Crippen molar-refractivity contribution in [1.29, 1.82) is 0 Å². The van der Waals surface area contributed by atoms with Crippen LogP contribution in [0.3, 0.4) is 0 Å². The number of ether oxygens (including phenoxy) is 1. The van der Waals surface area contributed by atoms with Crippen LogP contribution in [0.25, 0.3) is 11.0 Å². The quantitative estimate of drug-likeness (QED) is 0.462. The molecule has 0 radical (unpaired) electrons. The molecule has 7 heteroatoms. The number of hydrogen-bond donors (Lipinski definition) is 3. The molecular weight excluding hydrogens is 436 g/mol. The maximum absolute atomic E-state index is 6.01. The van der Waals surface area contributed by atoms with E-state index < -0.39 is 0 Å². The molecule has 2 saturated heterocycles. The number of fused-ring (bicyclic) bond motifs is 1. The number of nitrogens with one attached hydrogen (secondary N) is 3. The van der Waals surface area contributed by atoms with Crippen molar-refractivity contribution in [1.82, 2.24) is 25.5 Å². The number of anilines is 1. The van der Waals surface area contributed by atoms with E-state index in [1.54, 1.807) is 0 Å². The fourth-order valence-electron chi connectivity index (χ4n) is 5.57. The second-order valence-electron chi connectivity index (χ2n) is 10.2. The first kappa shape index (κ1) is 24.3. The van der Waals surface area contributed by atoms with E-state index in [2.05, 4.69) is 75.8 Å². The van der Waals surface area contributed by atoms with Crippen LogP contribution in [0, 0.1) is 6.92 Å². The van der Waals surface area contributed by atoms with E-state index in [4.69, 9.17) is 9.72 Å². The Kier molecular flexibility index (Phi) is 7.68. The number of hydrogen-bond acceptors (Lipinski definition) is 6. The van der Waals surface area contributed by atoms with Crippen LogP contribution >= 0.6 is 0 Å². The zero-order valence-corrected chi connectivity index (χ0v) is 21.4. The maximum atomic E-state index is 6.01. The molecule has 2 fully saturated rings. The van der Waals surface area contributed by atoms with E-state index in [0.29, 0.717) is 5.92 Å². The van der Waals surface area contributed by atoms with Gasteiger partial charge in [-0.2, -0.15) is 0 Å². The summed E-state index contributed by atoms with van der Waals surface area (Å²) in [5.74, 6) is 1.46. The third kappa shape index (κ3) is 5.54. The Morgan fingerprint density at radius 2 is 2.06 bits per heavy atom. The van der Waals surface area contributed by atoms with Crippen LogP contribution in [-0.2, 0) is 11.3 Å². The molecule has 35 heavy (non-hydrogen) atoms. The van der Waals surface area contributed by atoms with Crippen LogP contribution in [0.1, 0.15) is 47.4 Å². The third-order valence-electron chi connectivity index (χ3n) is 7.49. The summed E-state index contributed by atoms with van der Waals surface area (Å²) in [4.78, 5) is 13.7. The van der Waals surface area contributed by atoms with Crippen molar-refractivity contribution in [3.05, 3.63) is 58.9 Å². The summed E-state index contributed by atoms with van der Waals surface area (Å²) in [6.45, 7) is 9.72. The summed E-state index contributed by atoms with van der Waals surface area (Å²) in [6, 6.07) is 13.4. The molecule has 3 aromatic rings. The molecule has 188 valence electrons. The molecule has 0 aliphatic carbocycles.